The fraction of sp³-hybridized carbons (Fsp3) is 0.900. The molecule has 1 aliphatic heterocycles. The zero-order valence-electron chi connectivity index (χ0n) is 8.10. The predicted octanol–water partition coefficient (Wildman–Crippen LogP) is 1.24. The molecule has 0 unspecified atom stereocenters. The van der Waals surface area contributed by atoms with Gasteiger partial charge in [-0.05, 0) is 6.92 Å². The van der Waals surface area contributed by atoms with Crippen molar-refractivity contribution >= 4 is 5.91 Å². The smallest absolute Gasteiger partial charge is 0.275 e. The summed E-state index contributed by atoms with van der Waals surface area (Å²) in [6.45, 7) is 5.70. The van der Waals surface area contributed by atoms with Gasteiger partial charge in [0.25, 0.3) is 5.91 Å². The van der Waals surface area contributed by atoms with E-state index in [0.717, 1.165) is 24.1 Å². The molecule has 0 saturated carbocycles. The molecule has 0 aliphatic carbocycles. The molecule has 1 saturated heterocycles. The van der Waals surface area contributed by atoms with Crippen molar-refractivity contribution in [3.63, 3.8) is 0 Å². The molecular formula is C10H25N2O+. The molecule has 1 N–H and O–H groups in total. The van der Waals surface area contributed by atoms with E-state index in [9.17, 15) is 4.79 Å². The average molecular weight is 189 g/mol. The van der Waals surface area contributed by atoms with Gasteiger partial charge >= 0.3 is 0 Å². The van der Waals surface area contributed by atoms with Crippen LogP contribution in [0.3, 0.4) is 0 Å². The number of nitrogens with one attached hydrogen (secondary N) is 1. The first kappa shape index (κ1) is 12.4. The maximum absolute atomic E-state index is 11.3. The predicted molar refractivity (Wildman–Crippen MR) is 57.5 cm³/mol. The number of quaternary nitrogens is 1. The Hall–Kier alpha value is -0.570. The summed E-state index contributed by atoms with van der Waals surface area (Å²) in [5, 5.41) is 2.84. The standard InChI is InChI=1S/C9H18N2O.CH4.H2/c1-3-10-9(12)8-11(2)6-4-5-7-11;;/h3-8H2,1-2H3;1H4;1H/p+1. The first-order chi connectivity index (χ1) is 5.66. The minimum Gasteiger partial charge on any atom is -0.351 e. The highest BCUT2D eigenvalue weighted by molar-refractivity contribution is 5.76. The van der Waals surface area contributed by atoms with E-state index in [1.165, 1.54) is 12.8 Å². The molecule has 0 aromatic carbocycles. The molecule has 0 atom stereocenters. The Morgan fingerprint density at radius 1 is 1.46 bits per heavy atom. The first-order valence-electron chi connectivity index (χ1n) is 4.76. The van der Waals surface area contributed by atoms with Crippen LogP contribution in [0.15, 0.2) is 0 Å². The summed E-state index contributed by atoms with van der Waals surface area (Å²) in [6, 6.07) is 0. The van der Waals surface area contributed by atoms with Crippen molar-refractivity contribution in [3.8, 4) is 0 Å². The Morgan fingerprint density at radius 2 is 2.00 bits per heavy atom. The van der Waals surface area contributed by atoms with E-state index < -0.39 is 0 Å². The van der Waals surface area contributed by atoms with Crippen LogP contribution in [-0.2, 0) is 4.79 Å². The maximum Gasteiger partial charge on any atom is 0.275 e. The molecule has 0 spiro atoms. The fourth-order valence-corrected chi connectivity index (χ4v) is 1.86. The van der Waals surface area contributed by atoms with Gasteiger partial charge in [0, 0.05) is 20.8 Å². The normalized spacial score (nSPS) is 19.2. The molecule has 3 nitrogen and oxygen atoms in total. The van der Waals surface area contributed by atoms with Crippen LogP contribution >= 0.6 is 0 Å². The number of likely N-dealkylation sites (N-methyl/N-ethyl adjacent to an activating group) is 2. The highest BCUT2D eigenvalue weighted by atomic mass is 16.2. The molecule has 0 radical (unpaired) electrons. The van der Waals surface area contributed by atoms with Crippen LogP contribution < -0.4 is 5.32 Å². The van der Waals surface area contributed by atoms with E-state index >= 15 is 0 Å². The van der Waals surface area contributed by atoms with Gasteiger partial charge in [0.2, 0.25) is 0 Å². The molecule has 1 heterocycles. The largest absolute Gasteiger partial charge is 0.351 e. The van der Waals surface area contributed by atoms with Crippen molar-refractivity contribution in [2.45, 2.75) is 27.2 Å². The number of rotatable bonds is 3. The third-order valence-electron chi connectivity index (χ3n) is 2.55. The number of hydrogen-bond acceptors (Lipinski definition) is 1. The van der Waals surface area contributed by atoms with Gasteiger partial charge in [-0.15, -0.1) is 0 Å². The van der Waals surface area contributed by atoms with Crippen LogP contribution in [0.2, 0.25) is 0 Å². The Kier molecular flexibility index (Phi) is 4.99. The second-order valence-electron chi connectivity index (χ2n) is 3.89. The molecule has 1 amide bonds. The fourth-order valence-electron chi connectivity index (χ4n) is 1.86. The minimum atomic E-state index is 0. The van der Waals surface area contributed by atoms with Gasteiger partial charge in [-0.2, -0.15) is 0 Å². The van der Waals surface area contributed by atoms with Gasteiger partial charge in [-0.1, -0.05) is 7.43 Å². The van der Waals surface area contributed by atoms with Crippen molar-refractivity contribution in [3.05, 3.63) is 0 Å². The summed E-state index contributed by atoms with van der Waals surface area (Å²) in [6.07, 6.45) is 2.55. The summed E-state index contributed by atoms with van der Waals surface area (Å²) in [5.74, 6) is 0.196. The van der Waals surface area contributed by atoms with E-state index in [2.05, 4.69) is 12.4 Å². The summed E-state index contributed by atoms with van der Waals surface area (Å²) in [4.78, 5) is 11.3. The Labute approximate surface area is 83.2 Å². The SMILES string of the molecule is C.CCNC(=O)C[N+]1(C)CCCC1.[HH]. The van der Waals surface area contributed by atoms with Crippen LogP contribution in [0.25, 0.3) is 0 Å². The van der Waals surface area contributed by atoms with Crippen molar-refractivity contribution in [2.75, 3.05) is 33.2 Å². The number of carbonyl (C=O) groups is 1. The van der Waals surface area contributed by atoms with Crippen LogP contribution in [0.5, 0.6) is 0 Å². The summed E-state index contributed by atoms with van der Waals surface area (Å²) in [5.41, 5.74) is 0. The lowest BCUT2D eigenvalue weighted by molar-refractivity contribution is -0.889. The van der Waals surface area contributed by atoms with Gasteiger partial charge < -0.3 is 9.80 Å². The van der Waals surface area contributed by atoms with Crippen LogP contribution in [0.1, 0.15) is 28.6 Å². The molecule has 0 aromatic heterocycles. The molecule has 1 rings (SSSR count). The van der Waals surface area contributed by atoms with Gasteiger partial charge in [-0.3, -0.25) is 4.79 Å². The molecule has 13 heavy (non-hydrogen) atoms. The second kappa shape index (κ2) is 5.22. The van der Waals surface area contributed by atoms with Crippen LogP contribution in [0.4, 0.5) is 0 Å². The second-order valence-corrected chi connectivity index (χ2v) is 3.89. The molecule has 0 bridgehead atoms. The molecule has 1 aliphatic rings. The molecule has 3 heteroatoms. The van der Waals surface area contributed by atoms with Crippen LogP contribution in [0, 0.1) is 0 Å². The third kappa shape index (κ3) is 3.77. The van der Waals surface area contributed by atoms with Gasteiger partial charge in [0.1, 0.15) is 0 Å². The zero-order valence-corrected chi connectivity index (χ0v) is 8.10. The first-order valence-corrected chi connectivity index (χ1v) is 4.76. The summed E-state index contributed by atoms with van der Waals surface area (Å²) < 4.78 is 0.936. The van der Waals surface area contributed by atoms with Gasteiger partial charge in [0.05, 0.1) is 20.1 Å². The quantitative estimate of drug-likeness (QED) is 0.665. The number of hydrogen-bond donors (Lipinski definition) is 1. The van der Waals surface area contributed by atoms with E-state index in [4.69, 9.17) is 0 Å². The highest BCUT2D eigenvalue weighted by Crippen LogP contribution is 2.15. The van der Waals surface area contributed by atoms with E-state index in [-0.39, 0.29) is 14.8 Å². The van der Waals surface area contributed by atoms with Crippen molar-refractivity contribution in [1.29, 1.82) is 0 Å². The Morgan fingerprint density at radius 3 is 2.46 bits per heavy atom. The molecule has 1 fully saturated rings. The highest BCUT2D eigenvalue weighted by Gasteiger charge is 2.28. The lowest BCUT2D eigenvalue weighted by Crippen LogP contribution is -2.48. The monoisotopic (exact) mass is 189 g/mol. The molecular weight excluding hydrogens is 164 g/mol. The summed E-state index contributed by atoms with van der Waals surface area (Å²) in [7, 11) is 2.17. The van der Waals surface area contributed by atoms with Crippen molar-refractivity contribution in [2.24, 2.45) is 0 Å². The molecule has 0 aromatic rings. The summed E-state index contributed by atoms with van der Waals surface area (Å²) >= 11 is 0. The van der Waals surface area contributed by atoms with E-state index in [0.29, 0.717) is 6.54 Å². The minimum absolute atomic E-state index is 0. The lowest BCUT2D eigenvalue weighted by atomic mass is 10.4. The zero-order chi connectivity index (χ0) is 9.03. The van der Waals surface area contributed by atoms with E-state index in [1.807, 2.05) is 6.92 Å². The topological polar surface area (TPSA) is 29.1 Å². The number of nitrogens with zero attached hydrogens (tertiary/aromatic N) is 1. The van der Waals surface area contributed by atoms with Crippen molar-refractivity contribution < 1.29 is 10.7 Å². The van der Waals surface area contributed by atoms with E-state index in [1.54, 1.807) is 0 Å². The lowest BCUT2D eigenvalue weighted by Gasteiger charge is -2.27. The maximum atomic E-state index is 11.3. The van der Waals surface area contributed by atoms with Crippen molar-refractivity contribution in [1.82, 2.24) is 5.32 Å². The van der Waals surface area contributed by atoms with Gasteiger partial charge in [-0.25, -0.2) is 0 Å². The number of amides is 1. The Balaban J connectivity index is 0. The van der Waals surface area contributed by atoms with Gasteiger partial charge in [0.15, 0.2) is 6.54 Å². The Bertz CT molecular complexity index is 168. The molecule has 80 valence electrons. The average Bonchev–Trinajstić information content (AvgIpc) is 2.36. The number of carbonyl (C=O) groups excluding carboxylic acids is 1. The number of likely N-dealkylation sites (tertiary alicyclic amines) is 1. The third-order valence-corrected chi connectivity index (χ3v) is 2.55. The van der Waals surface area contributed by atoms with Crippen LogP contribution in [-0.4, -0.2) is 43.6 Å².